The molecule has 0 saturated carbocycles. The van der Waals surface area contributed by atoms with Gasteiger partial charge in [0.05, 0.1) is 26.2 Å². The van der Waals surface area contributed by atoms with Crippen LogP contribution in [0.5, 0.6) is 5.75 Å². The minimum Gasteiger partial charge on any atom is -0.486 e. The van der Waals surface area contributed by atoms with Crippen molar-refractivity contribution >= 4 is 75.4 Å². The molecule has 0 atom stereocenters. The molecule has 178 valence electrons. The average Bonchev–Trinajstić information content (AvgIpc) is 3.07. The van der Waals surface area contributed by atoms with Crippen LogP contribution < -0.4 is 4.74 Å². The normalized spacial score (nSPS) is 15.8. The van der Waals surface area contributed by atoms with E-state index in [0.717, 1.165) is 17.3 Å². The summed E-state index contributed by atoms with van der Waals surface area (Å²) < 4.78 is 5.80. The molecule has 3 aromatic carbocycles. The minimum atomic E-state index is -1.05. The summed E-state index contributed by atoms with van der Waals surface area (Å²) >= 11 is 20.2. The molecule has 35 heavy (non-hydrogen) atoms. The van der Waals surface area contributed by atoms with Gasteiger partial charge in [-0.05, 0) is 59.8 Å². The summed E-state index contributed by atoms with van der Waals surface area (Å²) in [5.74, 6) is -0.989. The first-order valence-electron chi connectivity index (χ1n) is 10.2. The summed E-state index contributed by atoms with van der Waals surface area (Å²) in [6.45, 7) is 0.196. The fourth-order valence-electron chi connectivity index (χ4n) is 3.19. The summed E-state index contributed by atoms with van der Waals surface area (Å²) in [6.07, 6.45) is 1.66. The molecule has 1 heterocycles. The maximum atomic E-state index is 12.8. The highest BCUT2D eigenvalue weighted by Gasteiger charge is 2.30. The summed E-state index contributed by atoms with van der Waals surface area (Å²) in [5, 5.41) is 10.8. The smallest absolute Gasteiger partial charge is 0.335 e. The number of carboxylic acids is 1. The minimum absolute atomic E-state index is 0.112. The number of halogens is 3. The van der Waals surface area contributed by atoms with Gasteiger partial charge in [-0.3, -0.25) is 9.69 Å². The maximum absolute atomic E-state index is 12.8. The number of nitrogens with zero attached hydrogens (tertiary/aromatic N) is 2. The quantitative estimate of drug-likeness (QED) is 0.331. The SMILES string of the molecule is CN1C(=O)C(=Cc2cc(Cl)c(OCc3ccccc3Cl)c(Cl)c2)SC1=Nc1cccc(C(=O)O)c1. The number of likely N-dealkylation sites (N-methyl/N-ethyl adjacent to an activating group) is 1. The Hall–Kier alpha value is -2.97. The van der Waals surface area contributed by atoms with E-state index in [-0.39, 0.29) is 18.1 Å². The standard InChI is InChI=1S/C25H17Cl3N2O4S/c1-30-23(31)21(35-25(30)29-17-7-4-6-15(12-17)24(32)33)11-14-9-19(27)22(20(28)10-14)34-13-16-5-2-3-8-18(16)26/h2-12H,13H2,1H3,(H,32,33). The number of aromatic carboxylic acids is 1. The van der Waals surface area contributed by atoms with Gasteiger partial charge in [0.15, 0.2) is 10.9 Å². The first-order valence-corrected chi connectivity index (χ1v) is 12.1. The molecule has 0 bridgehead atoms. The number of hydrogen-bond donors (Lipinski definition) is 1. The van der Waals surface area contributed by atoms with Crippen LogP contribution in [0.15, 0.2) is 70.6 Å². The Morgan fingerprint density at radius 2 is 1.77 bits per heavy atom. The molecule has 0 aliphatic carbocycles. The van der Waals surface area contributed by atoms with Crippen molar-refractivity contribution in [1.29, 1.82) is 0 Å². The topological polar surface area (TPSA) is 79.2 Å². The van der Waals surface area contributed by atoms with Crippen LogP contribution in [0.3, 0.4) is 0 Å². The molecule has 1 amide bonds. The second kappa shape index (κ2) is 10.7. The van der Waals surface area contributed by atoms with E-state index >= 15 is 0 Å². The largest absolute Gasteiger partial charge is 0.486 e. The molecule has 3 aromatic rings. The van der Waals surface area contributed by atoms with Crippen LogP contribution in [0.25, 0.3) is 6.08 Å². The fraction of sp³-hybridized carbons (Fsp3) is 0.0800. The number of amidine groups is 1. The average molecular weight is 548 g/mol. The van der Waals surface area contributed by atoms with Crippen molar-refractivity contribution in [3.05, 3.63) is 97.3 Å². The van der Waals surface area contributed by atoms with E-state index in [2.05, 4.69) is 4.99 Å². The highest BCUT2D eigenvalue weighted by molar-refractivity contribution is 8.18. The van der Waals surface area contributed by atoms with Gasteiger partial charge in [-0.2, -0.15) is 0 Å². The number of aliphatic imine (C=N–C) groups is 1. The van der Waals surface area contributed by atoms with Gasteiger partial charge < -0.3 is 9.84 Å². The van der Waals surface area contributed by atoms with Crippen molar-refractivity contribution in [3.8, 4) is 5.75 Å². The molecular weight excluding hydrogens is 531 g/mol. The van der Waals surface area contributed by atoms with Crippen LogP contribution in [0.1, 0.15) is 21.5 Å². The number of thioether (sulfide) groups is 1. The van der Waals surface area contributed by atoms with Crippen molar-refractivity contribution in [3.63, 3.8) is 0 Å². The predicted molar refractivity (Wildman–Crippen MR) is 141 cm³/mol. The van der Waals surface area contributed by atoms with Crippen molar-refractivity contribution in [1.82, 2.24) is 4.90 Å². The lowest BCUT2D eigenvalue weighted by Crippen LogP contribution is -2.23. The molecule has 1 aliphatic heterocycles. The maximum Gasteiger partial charge on any atom is 0.335 e. The Kier molecular flexibility index (Phi) is 7.72. The molecule has 6 nitrogen and oxygen atoms in total. The highest BCUT2D eigenvalue weighted by atomic mass is 35.5. The van der Waals surface area contributed by atoms with Crippen LogP contribution in [0.4, 0.5) is 5.69 Å². The third-order valence-electron chi connectivity index (χ3n) is 4.97. The van der Waals surface area contributed by atoms with Gasteiger partial charge in [0, 0.05) is 17.6 Å². The van der Waals surface area contributed by atoms with Crippen molar-refractivity contribution in [2.45, 2.75) is 6.61 Å². The Bertz CT molecular complexity index is 1370. The molecule has 10 heteroatoms. The van der Waals surface area contributed by atoms with Gasteiger partial charge in [0.2, 0.25) is 0 Å². The van der Waals surface area contributed by atoms with Gasteiger partial charge >= 0.3 is 5.97 Å². The lowest BCUT2D eigenvalue weighted by atomic mass is 10.2. The fourth-order valence-corrected chi connectivity index (χ4v) is 4.98. The van der Waals surface area contributed by atoms with Gasteiger partial charge in [-0.15, -0.1) is 0 Å². The number of benzene rings is 3. The van der Waals surface area contributed by atoms with Crippen LogP contribution in [0, 0.1) is 0 Å². The van der Waals surface area contributed by atoms with Crippen LogP contribution in [-0.2, 0) is 11.4 Å². The zero-order valence-corrected chi connectivity index (χ0v) is 21.3. The Morgan fingerprint density at radius 1 is 1.06 bits per heavy atom. The first kappa shape index (κ1) is 25.1. The van der Waals surface area contributed by atoms with E-state index in [9.17, 15) is 14.7 Å². The summed E-state index contributed by atoms with van der Waals surface area (Å²) in [6, 6.07) is 16.8. The van der Waals surface area contributed by atoms with Gasteiger partial charge in [-0.25, -0.2) is 9.79 Å². The predicted octanol–water partition coefficient (Wildman–Crippen LogP) is 7.16. The third-order valence-corrected chi connectivity index (χ3v) is 6.96. The number of rotatable bonds is 6. The summed E-state index contributed by atoms with van der Waals surface area (Å²) in [5.41, 5.74) is 1.95. The Morgan fingerprint density at radius 3 is 2.46 bits per heavy atom. The van der Waals surface area contributed by atoms with Gasteiger partial charge in [-0.1, -0.05) is 59.1 Å². The molecular formula is C25H17Cl3N2O4S. The molecule has 1 fully saturated rings. The van der Waals surface area contributed by atoms with E-state index in [1.807, 2.05) is 18.2 Å². The lowest BCUT2D eigenvalue weighted by molar-refractivity contribution is -0.121. The van der Waals surface area contributed by atoms with E-state index < -0.39 is 5.97 Å². The van der Waals surface area contributed by atoms with Crippen LogP contribution >= 0.6 is 46.6 Å². The molecule has 0 aromatic heterocycles. The molecule has 0 radical (unpaired) electrons. The van der Waals surface area contributed by atoms with E-state index in [0.29, 0.717) is 42.1 Å². The summed E-state index contributed by atoms with van der Waals surface area (Å²) in [4.78, 5) is 30.2. The second-order valence-electron chi connectivity index (χ2n) is 7.42. The molecule has 0 unspecified atom stereocenters. The molecule has 1 N–H and O–H groups in total. The Balaban J connectivity index is 1.55. The number of ether oxygens (including phenoxy) is 1. The number of carbonyl (C=O) groups is 2. The zero-order valence-electron chi connectivity index (χ0n) is 18.2. The van der Waals surface area contributed by atoms with Crippen LogP contribution in [0.2, 0.25) is 15.1 Å². The lowest BCUT2D eigenvalue weighted by Gasteiger charge is -2.12. The second-order valence-corrected chi connectivity index (χ2v) is 9.65. The van der Waals surface area contributed by atoms with Crippen molar-refractivity contribution < 1.29 is 19.4 Å². The van der Waals surface area contributed by atoms with E-state index in [1.165, 1.54) is 17.0 Å². The highest BCUT2D eigenvalue weighted by Crippen LogP contribution is 2.38. The first-order chi connectivity index (χ1) is 16.7. The number of amides is 1. The molecule has 1 saturated heterocycles. The van der Waals surface area contributed by atoms with Crippen molar-refractivity contribution in [2.24, 2.45) is 4.99 Å². The summed E-state index contributed by atoms with van der Waals surface area (Å²) in [7, 11) is 1.60. The molecule has 1 aliphatic rings. The number of carbonyl (C=O) groups excluding carboxylic acids is 1. The Labute approximate surface area is 220 Å². The van der Waals surface area contributed by atoms with Crippen LogP contribution in [-0.4, -0.2) is 34.1 Å². The third kappa shape index (κ3) is 5.82. The zero-order chi connectivity index (χ0) is 25.1. The monoisotopic (exact) mass is 546 g/mol. The number of hydrogen-bond acceptors (Lipinski definition) is 5. The van der Waals surface area contributed by atoms with Crippen molar-refractivity contribution in [2.75, 3.05) is 7.05 Å². The molecule has 0 spiro atoms. The number of carboxylic acid groups (broad SMARTS) is 1. The van der Waals surface area contributed by atoms with Gasteiger partial charge in [0.25, 0.3) is 5.91 Å². The van der Waals surface area contributed by atoms with E-state index in [1.54, 1.807) is 43.5 Å². The molecule has 4 rings (SSSR count). The van der Waals surface area contributed by atoms with Gasteiger partial charge in [0.1, 0.15) is 6.61 Å². The van der Waals surface area contributed by atoms with E-state index in [4.69, 9.17) is 39.5 Å².